The molecule has 1 aromatic rings. The maximum Gasteiger partial charge on any atom is 0.417 e. The Hall–Kier alpha value is -1.74. The van der Waals surface area contributed by atoms with E-state index in [4.69, 9.17) is 14.7 Å². The summed E-state index contributed by atoms with van der Waals surface area (Å²) in [6.45, 7) is 1.56. The summed E-state index contributed by atoms with van der Waals surface area (Å²) in [6, 6.07) is 4.91. The Morgan fingerprint density at radius 1 is 1.42 bits per heavy atom. The third-order valence-corrected chi connectivity index (χ3v) is 2.93. The van der Waals surface area contributed by atoms with E-state index >= 15 is 0 Å². The molecule has 1 atom stereocenters. The van der Waals surface area contributed by atoms with E-state index in [-0.39, 0.29) is 11.7 Å². The number of nitrogens with zero attached hydrogens (tertiary/aromatic N) is 1. The zero-order chi connectivity index (χ0) is 13.9. The van der Waals surface area contributed by atoms with Gasteiger partial charge in [-0.1, -0.05) is 0 Å². The van der Waals surface area contributed by atoms with Crippen molar-refractivity contribution in [3.05, 3.63) is 29.3 Å². The molecule has 6 heteroatoms. The SMILES string of the molecule is N#Cc1ccc(OCC2CCOC2)cc1C(F)(F)F. The normalized spacial score (nSPS) is 19.2. The molecular weight excluding hydrogens is 259 g/mol. The number of rotatable bonds is 3. The third kappa shape index (κ3) is 3.38. The molecule has 1 aliphatic rings. The van der Waals surface area contributed by atoms with Crippen molar-refractivity contribution in [2.24, 2.45) is 5.92 Å². The van der Waals surface area contributed by atoms with E-state index in [1.807, 2.05) is 0 Å². The zero-order valence-corrected chi connectivity index (χ0v) is 10.0. The van der Waals surface area contributed by atoms with Crippen LogP contribution in [0.25, 0.3) is 0 Å². The standard InChI is InChI=1S/C13H12F3NO2/c14-13(15,16)12-5-11(2-1-10(12)6-17)19-8-9-3-4-18-7-9/h1-2,5,9H,3-4,7-8H2. The number of alkyl halides is 3. The average Bonchev–Trinajstić information content (AvgIpc) is 2.88. The predicted octanol–water partition coefficient (Wildman–Crippen LogP) is 2.99. The van der Waals surface area contributed by atoms with E-state index in [1.165, 1.54) is 12.1 Å². The molecule has 0 aromatic heterocycles. The van der Waals surface area contributed by atoms with Crippen LogP contribution in [0.1, 0.15) is 17.5 Å². The van der Waals surface area contributed by atoms with Gasteiger partial charge < -0.3 is 9.47 Å². The van der Waals surface area contributed by atoms with Crippen LogP contribution in [0.2, 0.25) is 0 Å². The lowest BCUT2D eigenvalue weighted by Crippen LogP contribution is -2.13. The number of benzene rings is 1. The molecule has 0 N–H and O–H groups in total. The first kappa shape index (κ1) is 13.7. The van der Waals surface area contributed by atoms with Crippen LogP contribution in [-0.2, 0) is 10.9 Å². The Morgan fingerprint density at radius 3 is 2.79 bits per heavy atom. The molecule has 19 heavy (non-hydrogen) atoms. The Labute approximate surface area is 108 Å². The lowest BCUT2D eigenvalue weighted by Gasteiger charge is -2.13. The van der Waals surface area contributed by atoms with Crippen LogP contribution in [0.5, 0.6) is 5.75 Å². The second-order valence-electron chi connectivity index (χ2n) is 4.36. The first-order valence-electron chi connectivity index (χ1n) is 5.82. The molecule has 0 bridgehead atoms. The van der Waals surface area contributed by atoms with E-state index in [9.17, 15) is 13.2 Å². The largest absolute Gasteiger partial charge is 0.493 e. The lowest BCUT2D eigenvalue weighted by atomic mass is 10.1. The molecule has 2 rings (SSSR count). The van der Waals surface area contributed by atoms with Crippen molar-refractivity contribution in [3.8, 4) is 11.8 Å². The van der Waals surface area contributed by atoms with Crippen LogP contribution in [0, 0.1) is 17.2 Å². The van der Waals surface area contributed by atoms with Crippen molar-refractivity contribution in [2.45, 2.75) is 12.6 Å². The van der Waals surface area contributed by atoms with Crippen LogP contribution in [-0.4, -0.2) is 19.8 Å². The number of halogens is 3. The topological polar surface area (TPSA) is 42.2 Å². The minimum atomic E-state index is -4.55. The van der Waals surface area contributed by atoms with Gasteiger partial charge >= 0.3 is 6.18 Å². The van der Waals surface area contributed by atoms with Crippen molar-refractivity contribution in [3.63, 3.8) is 0 Å². The quantitative estimate of drug-likeness (QED) is 0.848. The van der Waals surface area contributed by atoms with Gasteiger partial charge in [0.15, 0.2) is 0 Å². The van der Waals surface area contributed by atoms with Crippen LogP contribution in [0.15, 0.2) is 18.2 Å². The van der Waals surface area contributed by atoms with Crippen molar-refractivity contribution in [1.82, 2.24) is 0 Å². The molecule has 0 amide bonds. The fraction of sp³-hybridized carbons (Fsp3) is 0.462. The van der Waals surface area contributed by atoms with Crippen LogP contribution in [0.4, 0.5) is 13.2 Å². The molecule has 1 aliphatic heterocycles. The number of hydrogen-bond donors (Lipinski definition) is 0. The third-order valence-electron chi connectivity index (χ3n) is 2.93. The fourth-order valence-electron chi connectivity index (χ4n) is 1.87. The van der Waals surface area contributed by atoms with E-state index in [0.29, 0.717) is 19.8 Å². The summed E-state index contributed by atoms with van der Waals surface area (Å²) in [5.41, 5.74) is -1.36. The summed E-state index contributed by atoms with van der Waals surface area (Å²) in [4.78, 5) is 0. The highest BCUT2D eigenvalue weighted by molar-refractivity contribution is 5.44. The Bertz CT molecular complexity index is 488. The van der Waals surface area contributed by atoms with Gasteiger partial charge in [-0.3, -0.25) is 0 Å². The zero-order valence-electron chi connectivity index (χ0n) is 10.0. The number of hydrogen-bond acceptors (Lipinski definition) is 3. The van der Waals surface area contributed by atoms with E-state index in [1.54, 1.807) is 0 Å². The minimum Gasteiger partial charge on any atom is -0.493 e. The number of nitriles is 1. The fourth-order valence-corrected chi connectivity index (χ4v) is 1.87. The monoisotopic (exact) mass is 271 g/mol. The molecule has 0 saturated carbocycles. The van der Waals surface area contributed by atoms with Gasteiger partial charge in [0.25, 0.3) is 0 Å². The Morgan fingerprint density at radius 2 is 2.21 bits per heavy atom. The van der Waals surface area contributed by atoms with Crippen molar-refractivity contribution in [2.75, 3.05) is 19.8 Å². The van der Waals surface area contributed by atoms with Gasteiger partial charge in [0.1, 0.15) is 5.75 Å². The molecule has 1 aromatic carbocycles. The second-order valence-corrected chi connectivity index (χ2v) is 4.36. The van der Waals surface area contributed by atoms with Crippen molar-refractivity contribution < 1.29 is 22.6 Å². The second kappa shape index (κ2) is 5.49. The summed E-state index contributed by atoms with van der Waals surface area (Å²) < 4.78 is 48.7. The molecule has 1 heterocycles. The van der Waals surface area contributed by atoms with E-state index in [2.05, 4.69) is 0 Å². The van der Waals surface area contributed by atoms with Crippen molar-refractivity contribution in [1.29, 1.82) is 5.26 Å². The molecule has 102 valence electrons. The highest BCUT2D eigenvalue weighted by Gasteiger charge is 2.34. The van der Waals surface area contributed by atoms with Crippen LogP contribution < -0.4 is 4.74 Å². The molecule has 0 radical (unpaired) electrons. The molecule has 1 fully saturated rings. The van der Waals surface area contributed by atoms with Crippen LogP contribution >= 0.6 is 0 Å². The lowest BCUT2D eigenvalue weighted by molar-refractivity contribution is -0.137. The summed E-state index contributed by atoms with van der Waals surface area (Å²) in [5, 5.41) is 8.67. The Balaban J connectivity index is 2.11. The molecule has 3 nitrogen and oxygen atoms in total. The summed E-state index contributed by atoms with van der Waals surface area (Å²) in [7, 11) is 0. The van der Waals surface area contributed by atoms with Gasteiger partial charge in [0, 0.05) is 12.5 Å². The molecule has 1 saturated heterocycles. The van der Waals surface area contributed by atoms with Gasteiger partial charge in [-0.05, 0) is 24.6 Å². The van der Waals surface area contributed by atoms with Gasteiger partial charge in [0.05, 0.1) is 30.4 Å². The van der Waals surface area contributed by atoms with Gasteiger partial charge in [0.2, 0.25) is 0 Å². The summed E-state index contributed by atoms with van der Waals surface area (Å²) in [5.74, 6) is 0.336. The highest BCUT2D eigenvalue weighted by Crippen LogP contribution is 2.34. The highest BCUT2D eigenvalue weighted by atomic mass is 19.4. The Kier molecular flexibility index (Phi) is 3.96. The average molecular weight is 271 g/mol. The maximum atomic E-state index is 12.7. The number of ether oxygens (including phenoxy) is 2. The van der Waals surface area contributed by atoms with E-state index < -0.39 is 17.3 Å². The van der Waals surface area contributed by atoms with Gasteiger partial charge in [-0.25, -0.2) is 0 Å². The first-order chi connectivity index (χ1) is 9.00. The smallest absolute Gasteiger partial charge is 0.417 e. The van der Waals surface area contributed by atoms with Gasteiger partial charge in [-0.2, -0.15) is 18.4 Å². The summed E-state index contributed by atoms with van der Waals surface area (Å²) in [6.07, 6.45) is -3.71. The van der Waals surface area contributed by atoms with Crippen LogP contribution in [0.3, 0.4) is 0 Å². The van der Waals surface area contributed by atoms with Gasteiger partial charge in [-0.15, -0.1) is 0 Å². The van der Waals surface area contributed by atoms with Crippen molar-refractivity contribution >= 4 is 0 Å². The first-order valence-corrected chi connectivity index (χ1v) is 5.82. The molecule has 0 aliphatic carbocycles. The maximum absolute atomic E-state index is 12.7. The summed E-state index contributed by atoms with van der Waals surface area (Å²) >= 11 is 0. The van der Waals surface area contributed by atoms with E-state index in [0.717, 1.165) is 18.6 Å². The molecule has 0 spiro atoms. The predicted molar refractivity (Wildman–Crippen MR) is 60.6 cm³/mol. The minimum absolute atomic E-state index is 0.123. The molecular formula is C13H12F3NO2. The molecule has 1 unspecified atom stereocenters.